The van der Waals surface area contributed by atoms with Gasteiger partial charge in [-0.3, -0.25) is 4.90 Å². The molecule has 1 unspecified atom stereocenters. The second-order valence-electron chi connectivity index (χ2n) is 7.65. The van der Waals surface area contributed by atoms with Crippen molar-refractivity contribution in [3.8, 4) is 0 Å². The molecule has 6 heteroatoms. The molecular weight excluding hydrogens is 358 g/mol. The van der Waals surface area contributed by atoms with Gasteiger partial charge in [-0.05, 0) is 50.1 Å². The van der Waals surface area contributed by atoms with Gasteiger partial charge in [-0.25, -0.2) is 9.50 Å². The summed E-state index contributed by atoms with van der Waals surface area (Å²) in [6.07, 6.45) is 4.43. The molecule has 0 amide bonds. The third-order valence-corrected chi connectivity index (χ3v) is 5.59. The fraction of sp³-hybridized carbons (Fsp3) is 0.429. The van der Waals surface area contributed by atoms with Gasteiger partial charge in [-0.15, -0.1) is 0 Å². The molecule has 27 heavy (non-hydrogen) atoms. The van der Waals surface area contributed by atoms with Crippen LogP contribution in [-0.4, -0.2) is 46.7 Å². The number of aryl methyl sites for hydroxylation is 1. The predicted octanol–water partition coefficient (Wildman–Crippen LogP) is 4.14. The molecule has 1 aromatic carbocycles. The number of nitrogens with zero attached hydrogens (tertiary/aromatic N) is 5. The molecule has 5 nitrogen and oxygen atoms in total. The highest BCUT2D eigenvalue weighted by atomic mass is 35.5. The molecule has 0 bridgehead atoms. The summed E-state index contributed by atoms with van der Waals surface area (Å²) in [5.74, 6) is 0.460. The Morgan fingerprint density at radius 2 is 1.96 bits per heavy atom. The van der Waals surface area contributed by atoms with Crippen LogP contribution in [0.5, 0.6) is 0 Å². The lowest BCUT2D eigenvalue weighted by Gasteiger charge is -2.32. The van der Waals surface area contributed by atoms with E-state index in [1.165, 1.54) is 24.1 Å². The van der Waals surface area contributed by atoms with Gasteiger partial charge in [0.05, 0.1) is 5.69 Å². The molecule has 1 fully saturated rings. The zero-order valence-electron chi connectivity index (χ0n) is 16.2. The first-order chi connectivity index (χ1) is 13.0. The van der Waals surface area contributed by atoms with Gasteiger partial charge < -0.3 is 4.90 Å². The monoisotopic (exact) mass is 383 g/mol. The highest BCUT2D eigenvalue weighted by Crippen LogP contribution is 2.29. The maximum absolute atomic E-state index is 6.01. The molecule has 142 valence electrons. The SMILES string of the molecule is Cc1nn2ccc(C3CCCN(Cc4ccc(Cl)cc4)C3)nc2c1N(C)C. The van der Waals surface area contributed by atoms with Gasteiger partial charge in [0, 0.05) is 50.0 Å². The maximum atomic E-state index is 6.01. The molecule has 3 heterocycles. The van der Waals surface area contributed by atoms with E-state index in [4.69, 9.17) is 16.6 Å². The minimum Gasteiger partial charge on any atom is -0.373 e. The van der Waals surface area contributed by atoms with Gasteiger partial charge in [0.25, 0.3) is 0 Å². The summed E-state index contributed by atoms with van der Waals surface area (Å²) >= 11 is 6.01. The molecule has 4 rings (SSSR count). The van der Waals surface area contributed by atoms with Gasteiger partial charge in [0.2, 0.25) is 0 Å². The zero-order valence-corrected chi connectivity index (χ0v) is 16.9. The number of fused-ring (bicyclic) bond motifs is 1. The number of piperidine rings is 1. The van der Waals surface area contributed by atoms with Crippen LogP contribution in [0.25, 0.3) is 5.65 Å². The Labute approximate surface area is 165 Å². The smallest absolute Gasteiger partial charge is 0.179 e. The summed E-state index contributed by atoms with van der Waals surface area (Å²) in [7, 11) is 4.10. The molecule has 3 aromatic rings. The summed E-state index contributed by atoms with van der Waals surface area (Å²) in [6.45, 7) is 5.18. The van der Waals surface area contributed by atoms with E-state index in [2.05, 4.69) is 39.3 Å². The first-order valence-corrected chi connectivity index (χ1v) is 9.89. The average molecular weight is 384 g/mol. The first kappa shape index (κ1) is 18.3. The molecule has 0 N–H and O–H groups in total. The number of anilines is 1. The normalized spacial score (nSPS) is 18.1. The molecule has 1 aliphatic heterocycles. The molecule has 0 radical (unpaired) electrons. The van der Waals surface area contributed by atoms with E-state index in [1.54, 1.807) is 0 Å². The Bertz CT molecular complexity index is 932. The van der Waals surface area contributed by atoms with Crippen LogP contribution in [0.3, 0.4) is 0 Å². The van der Waals surface area contributed by atoms with Crippen molar-refractivity contribution < 1.29 is 0 Å². The van der Waals surface area contributed by atoms with Gasteiger partial charge in [0.15, 0.2) is 5.65 Å². The number of aromatic nitrogens is 3. The van der Waals surface area contributed by atoms with Crippen molar-refractivity contribution >= 4 is 22.9 Å². The van der Waals surface area contributed by atoms with Gasteiger partial charge in [-0.1, -0.05) is 23.7 Å². The highest BCUT2D eigenvalue weighted by molar-refractivity contribution is 6.30. The van der Waals surface area contributed by atoms with Gasteiger partial charge in [0.1, 0.15) is 5.69 Å². The van der Waals surface area contributed by atoms with Crippen LogP contribution in [0.2, 0.25) is 5.02 Å². The molecule has 2 aromatic heterocycles. The largest absolute Gasteiger partial charge is 0.373 e. The van der Waals surface area contributed by atoms with Crippen molar-refractivity contribution in [3.05, 3.63) is 58.5 Å². The molecular formula is C21H26ClN5. The minimum absolute atomic E-state index is 0.460. The zero-order chi connectivity index (χ0) is 19.0. The van der Waals surface area contributed by atoms with E-state index in [0.717, 1.165) is 41.7 Å². The summed E-state index contributed by atoms with van der Waals surface area (Å²) in [4.78, 5) is 9.63. The number of halogens is 1. The third-order valence-electron chi connectivity index (χ3n) is 5.34. The minimum atomic E-state index is 0.460. The van der Waals surface area contributed by atoms with Crippen LogP contribution in [0.1, 0.15) is 35.7 Å². The van der Waals surface area contributed by atoms with E-state index in [9.17, 15) is 0 Å². The van der Waals surface area contributed by atoms with Crippen molar-refractivity contribution in [1.82, 2.24) is 19.5 Å². The standard InChI is InChI=1S/C21H26ClN5/c1-15-20(25(2)3)21-23-19(10-12-27(21)24-15)17-5-4-11-26(14-17)13-16-6-8-18(22)9-7-16/h6-10,12,17H,4-5,11,13-14H2,1-3H3. The topological polar surface area (TPSA) is 36.7 Å². The molecule has 0 saturated carbocycles. The lowest BCUT2D eigenvalue weighted by atomic mass is 9.94. The van der Waals surface area contributed by atoms with Crippen LogP contribution >= 0.6 is 11.6 Å². The molecule has 0 spiro atoms. The summed E-state index contributed by atoms with van der Waals surface area (Å²) < 4.78 is 1.89. The lowest BCUT2D eigenvalue weighted by Crippen LogP contribution is -2.34. The second kappa shape index (κ2) is 7.49. The van der Waals surface area contributed by atoms with Crippen molar-refractivity contribution in [1.29, 1.82) is 0 Å². The summed E-state index contributed by atoms with van der Waals surface area (Å²) in [6, 6.07) is 10.3. The Morgan fingerprint density at radius 3 is 2.70 bits per heavy atom. The van der Waals surface area contributed by atoms with E-state index < -0.39 is 0 Å². The second-order valence-corrected chi connectivity index (χ2v) is 8.09. The molecule has 1 atom stereocenters. The van der Waals surface area contributed by atoms with Crippen molar-refractivity contribution in [2.75, 3.05) is 32.1 Å². The Balaban J connectivity index is 1.55. The van der Waals surface area contributed by atoms with Crippen LogP contribution in [-0.2, 0) is 6.54 Å². The number of hydrogen-bond acceptors (Lipinski definition) is 4. The van der Waals surface area contributed by atoms with Crippen LogP contribution in [0.15, 0.2) is 36.5 Å². The molecule has 0 aliphatic carbocycles. The van der Waals surface area contributed by atoms with Gasteiger partial charge >= 0.3 is 0 Å². The Kier molecular flexibility index (Phi) is 5.06. The fourth-order valence-electron chi connectivity index (χ4n) is 4.08. The van der Waals surface area contributed by atoms with Gasteiger partial charge in [-0.2, -0.15) is 5.10 Å². The summed E-state index contributed by atoms with van der Waals surface area (Å²) in [5, 5.41) is 5.38. The van der Waals surface area contributed by atoms with Crippen molar-refractivity contribution in [3.63, 3.8) is 0 Å². The fourth-order valence-corrected chi connectivity index (χ4v) is 4.21. The van der Waals surface area contributed by atoms with E-state index in [0.29, 0.717) is 5.92 Å². The summed E-state index contributed by atoms with van der Waals surface area (Å²) in [5.41, 5.74) is 5.55. The molecule has 1 saturated heterocycles. The van der Waals surface area contributed by atoms with Crippen LogP contribution in [0, 0.1) is 6.92 Å². The third kappa shape index (κ3) is 3.80. The van der Waals surface area contributed by atoms with Crippen LogP contribution < -0.4 is 4.90 Å². The quantitative estimate of drug-likeness (QED) is 0.678. The average Bonchev–Trinajstić information content (AvgIpc) is 2.99. The maximum Gasteiger partial charge on any atom is 0.179 e. The number of hydrogen-bond donors (Lipinski definition) is 0. The molecule has 1 aliphatic rings. The number of benzene rings is 1. The van der Waals surface area contributed by atoms with E-state index >= 15 is 0 Å². The Hall–Kier alpha value is -2.11. The highest BCUT2D eigenvalue weighted by Gasteiger charge is 2.24. The lowest BCUT2D eigenvalue weighted by molar-refractivity contribution is 0.198. The van der Waals surface area contributed by atoms with E-state index in [-0.39, 0.29) is 0 Å². The van der Waals surface area contributed by atoms with Crippen molar-refractivity contribution in [2.45, 2.75) is 32.2 Å². The number of likely N-dealkylation sites (tertiary alicyclic amines) is 1. The first-order valence-electron chi connectivity index (χ1n) is 9.51. The van der Waals surface area contributed by atoms with E-state index in [1.807, 2.05) is 37.7 Å². The number of rotatable bonds is 4. The van der Waals surface area contributed by atoms with Crippen molar-refractivity contribution in [2.24, 2.45) is 0 Å². The predicted molar refractivity (Wildman–Crippen MR) is 111 cm³/mol. The Morgan fingerprint density at radius 1 is 1.19 bits per heavy atom. The van der Waals surface area contributed by atoms with Crippen LogP contribution in [0.4, 0.5) is 5.69 Å².